The lowest BCUT2D eigenvalue weighted by Gasteiger charge is -2.08. The molecule has 3 aromatic rings. The largest absolute Gasteiger partial charge is 0.452 e. The predicted molar refractivity (Wildman–Crippen MR) is 103 cm³/mol. The number of carbonyl (C=O) groups is 2. The monoisotopic (exact) mass is 403 g/mol. The Bertz CT molecular complexity index is 951. The lowest BCUT2D eigenvalue weighted by atomic mass is 10.1. The van der Waals surface area contributed by atoms with E-state index in [4.69, 9.17) is 9.26 Å². The van der Waals surface area contributed by atoms with Crippen LogP contribution in [-0.4, -0.2) is 28.6 Å². The minimum absolute atomic E-state index is 0.282. The lowest BCUT2D eigenvalue weighted by molar-refractivity contribution is -0.119. The van der Waals surface area contributed by atoms with Crippen LogP contribution in [0.5, 0.6) is 0 Å². The van der Waals surface area contributed by atoms with E-state index in [1.54, 1.807) is 48.2 Å². The number of thioether (sulfide) groups is 1. The van der Waals surface area contributed by atoms with Gasteiger partial charge in [0.1, 0.15) is 10.1 Å². The second-order valence-electron chi connectivity index (χ2n) is 5.65. The number of carbonyl (C=O) groups excluding carboxylic acids is 2. The van der Waals surface area contributed by atoms with E-state index >= 15 is 0 Å². The summed E-state index contributed by atoms with van der Waals surface area (Å²) in [6.45, 7) is 3.25. The minimum Gasteiger partial charge on any atom is -0.452 e. The fourth-order valence-electron chi connectivity index (χ4n) is 2.20. The van der Waals surface area contributed by atoms with Gasteiger partial charge in [-0.2, -0.15) is 0 Å². The molecule has 9 heteroatoms. The van der Waals surface area contributed by atoms with E-state index in [1.165, 1.54) is 0 Å². The Morgan fingerprint density at radius 2 is 2.11 bits per heavy atom. The molecule has 0 unspecified atom stereocenters. The highest BCUT2D eigenvalue weighted by Crippen LogP contribution is 2.27. The van der Waals surface area contributed by atoms with Gasteiger partial charge in [-0.05, 0) is 25.5 Å². The van der Waals surface area contributed by atoms with Gasteiger partial charge in [-0.1, -0.05) is 35.1 Å². The standard InChI is InChI=1S/C18H17N3O4S2/c1-11-9-26-18(19-11)27-10-13-5-3-4-6-14(13)17(23)24-8-16(22)20-15-7-12(2)25-21-15/h3-7,9H,8,10H2,1-2H3,(H,20,21,22). The topological polar surface area (TPSA) is 94.3 Å². The van der Waals surface area contributed by atoms with Crippen molar-refractivity contribution in [1.29, 1.82) is 0 Å². The van der Waals surface area contributed by atoms with Gasteiger partial charge in [-0.15, -0.1) is 11.3 Å². The molecule has 27 heavy (non-hydrogen) atoms. The number of aromatic nitrogens is 2. The first kappa shape index (κ1) is 19.1. The maximum absolute atomic E-state index is 12.4. The molecular formula is C18H17N3O4S2. The molecule has 0 bridgehead atoms. The van der Waals surface area contributed by atoms with Gasteiger partial charge in [0.05, 0.1) is 5.56 Å². The molecule has 3 rings (SSSR count). The van der Waals surface area contributed by atoms with Gasteiger partial charge >= 0.3 is 5.97 Å². The van der Waals surface area contributed by atoms with Gasteiger partial charge in [0, 0.05) is 22.9 Å². The van der Waals surface area contributed by atoms with E-state index in [1.807, 2.05) is 24.4 Å². The summed E-state index contributed by atoms with van der Waals surface area (Å²) in [5, 5.41) is 8.14. The van der Waals surface area contributed by atoms with E-state index in [2.05, 4.69) is 15.5 Å². The Morgan fingerprint density at radius 3 is 2.81 bits per heavy atom. The maximum Gasteiger partial charge on any atom is 0.338 e. The van der Waals surface area contributed by atoms with Gasteiger partial charge in [-0.3, -0.25) is 4.79 Å². The summed E-state index contributed by atoms with van der Waals surface area (Å²) in [7, 11) is 0. The molecule has 0 aliphatic heterocycles. The highest BCUT2D eigenvalue weighted by atomic mass is 32.2. The van der Waals surface area contributed by atoms with Crippen molar-refractivity contribution in [2.45, 2.75) is 23.9 Å². The number of nitrogens with zero attached hydrogens (tertiary/aromatic N) is 2. The first-order chi connectivity index (χ1) is 13.0. The fourth-order valence-corrected chi connectivity index (χ4v) is 4.05. The van der Waals surface area contributed by atoms with Crippen LogP contribution in [0.1, 0.15) is 27.4 Å². The number of benzene rings is 1. The SMILES string of the molecule is Cc1csc(SCc2ccccc2C(=O)OCC(=O)Nc2cc(C)on2)n1. The van der Waals surface area contributed by atoms with Gasteiger partial charge in [0.2, 0.25) is 0 Å². The summed E-state index contributed by atoms with van der Waals surface area (Å²) in [4.78, 5) is 28.7. The van der Waals surface area contributed by atoms with E-state index in [-0.39, 0.29) is 5.82 Å². The minimum atomic E-state index is -0.548. The number of hydrogen-bond acceptors (Lipinski definition) is 8. The van der Waals surface area contributed by atoms with Gasteiger partial charge in [-0.25, -0.2) is 9.78 Å². The normalized spacial score (nSPS) is 10.6. The van der Waals surface area contributed by atoms with Crippen molar-refractivity contribution in [3.05, 3.63) is 58.3 Å². The third kappa shape index (κ3) is 5.41. The molecule has 2 aromatic heterocycles. The fraction of sp³-hybridized carbons (Fsp3) is 0.222. The summed E-state index contributed by atoms with van der Waals surface area (Å²) < 4.78 is 10.9. The molecule has 140 valence electrons. The number of rotatable bonds is 7. The van der Waals surface area contributed by atoms with Gasteiger partial charge in [0.25, 0.3) is 5.91 Å². The number of hydrogen-bond donors (Lipinski definition) is 1. The molecule has 1 amide bonds. The summed E-state index contributed by atoms with van der Waals surface area (Å²) in [5.74, 6) is 0.408. The van der Waals surface area contributed by atoms with Crippen molar-refractivity contribution in [3.63, 3.8) is 0 Å². The molecule has 2 heterocycles. The Labute approximate surface area is 164 Å². The van der Waals surface area contributed by atoms with Crippen LogP contribution in [0.2, 0.25) is 0 Å². The lowest BCUT2D eigenvalue weighted by Crippen LogP contribution is -2.21. The van der Waals surface area contributed by atoms with E-state index in [0.717, 1.165) is 15.6 Å². The molecule has 0 saturated carbocycles. The Morgan fingerprint density at radius 1 is 1.30 bits per heavy atom. The molecule has 1 N–H and O–H groups in total. The van der Waals surface area contributed by atoms with Crippen molar-refractivity contribution in [2.24, 2.45) is 0 Å². The molecule has 0 fully saturated rings. The van der Waals surface area contributed by atoms with Crippen LogP contribution in [0, 0.1) is 13.8 Å². The zero-order valence-corrected chi connectivity index (χ0v) is 16.4. The van der Waals surface area contributed by atoms with E-state index in [0.29, 0.717) is 17.1 Å². The smallest absolute Gasteiger partial charge is 0.338 e. The van der Waals surface area contributed by atoms with Gasteiger partial charge in [0.15, 0.2) is 12.4 Å². The molecular weight excluding hydrogens is 386 g/mol. The number of nitrogens with one attached hydrogen (secondary N) is 1. The Hall–Kier alpha value is -2.65. The van der Waals surface area contributed by atoms with Crippen LogP contribution in [0.15, 0.2) is 44.6 Å². The first-order valence-corrected chi connectivity index (χ1v) is 9.91. The van der Waals surface area contributed by atoms with Crippen molar-refractivity contribution in [2.75, 3.05) is 11.9 Å². The van der Waals surface area contributed by atoms with Crippen LogP contribution in [0.3, 0.4) is 0 Å². The molecule has 0 aliphatic rings. The van der Waals surface area contributed by atoms with Crippen LogP contribution in [0.4, 0.5) is 5.82 Å². The van der Waals surface area contributed by atoms with Crippen molar-refractivity contribution in [3.8, 4) is 0 Å². The number of esters is 1. The van der Waals surface area contributed by atoms with E-state index in [9.17, 15) is 9.59 Å². The number of anilines is 1. The summed E-state index contributed by atoms with van der Waals surface area (Å²) in [6, 6.07) is 8.75. The average molecular weight is 403 g/mol. The zero-order chi connectivity index (χ0) is 19.2. The molecule has 0 atom stereocenters. The number of aryl methyl sites for hydroxylation is 2. The third-order valence-corrected chi connectivity index (χ3v) is 5.60. The van der Waals surface area contributed by atoms with Crippen LogP contribution < -0.4 is 5.32 Å². The molecule has 0 aliphatic carbocycles. The predicted octanol–water partition coefficient (Wildman–Crippen LogP) is 3.84. The highest BCUT2D eigenvalue weighted by molar-refractivity contribution is 8.00. The maximum atomic E-state index is 12.4. The van der Waals surface area contributed by atoms with Crippen LogP contribution in [-0.2, 0) is 15.3 Å². The Balaban J connectivity index is 1.56. The van der Waals surface area contributed by atoms with Crippen molar-refractivity contribution < 1.29 is 18.8 Å². The second kappa shape index (κ2) is 8.83. The molecule has 0 spiro atoms. The molecule has 1 aromatic carbocycles. The summed E-state index contributed by atoms with van der Waals surface area (Å²) in [5.41, 5.74) is 2.24. The molecule has 0 saturated heterocycles. The van der Waals surface area contributed by atoms with Crippen molar-refractivity contribution in [1.82, 2.24) is 10.1 Å². The third-order valence-electron chi connectivity index (χ3n) is 3.42. The Kier molecular flexibility index (Phi) is 6.25. The van der Waals surface area contributed by atoms with Crippen molar-refractivity contribution >= 4 is 40.8 Å². The highest BCUT2D eigenvalue weighted by Gasteiger charge is 2.15. The average Bonchev–Trinajstić information content (AvgIpc) is 3.26. The quantitative estimate of drug-likeness (QED) is 0.473. The first-order valence-electron chi connectivity index (χ1n) is 8.04. The molecule has 0 radical (unpaired) electrons. The number of thiazole rings is 1. The number of ether oxygens (including phenoxy) is 1. The van der Waals surface area contributed by atoms with Gasteiger partial charge < -0.3 is 14.6 Å². The molecule has 7 nitrogen and oxygen atoms in total. The summed E-state index contributed by atoms with van der Waals surface area (Å²) >= 11 is 3.13. The second-order valence-corrected chi connectivity index (χ2v) is 7.73. The van der Waals surface area contributed by atoms with Crippen LogP contribution in [0.25, 0.3) is 0 Å². The number of amides is 1. The summed E-state index contributed by atoms with van der Waals surface area (Å²) in [6.07, 6.45) is 0. The van der Waals surface area contributed by atoms with E-state index < -0.39 is 18.5 Å². The van der Waals surface area contributed by atoms with Crippen LogP contribution >= 0.6 is 23.1 Å². The zero-order valence-electron chi connectivity index (χ0n) is 14.7.